The normalized spacial score (nSPS) is 14.2. The van der Waals surface area contributed by atoms with Crippen LogP contribution in [0.15, 0.2) is 0 Å². The van der Waals surface area contributed by atoms with E-state index < -0.39 is 97.5 Å². The molecule has 0 spiro atoms. The van der Waals surface area contributed by atoms with E-state index >= 15 is 0 Å². The van der Waals surface area contributed by atoms with Gasteiger partial charge in [0.05, 0.1) is 26.4 Å². The summed E-state index contributed by atoms with van der Waals surface area (Å²) in [6, 6.07) is 0. The Morgan fingerprint density at radius 1 is 0.321 bits per heavy atom. The van der Waals surface area contributed by atoms with E-state index in [1.165, 1.54) is 141 Å². The average molecular weight is 1240 g/mol. The predicted octanol–water partition coefficient (Wildman–Crippen LogP) is 18.2. The van der Waals surface area contributed by atoms with E-state index in [0.717, 1.165) is 109 Å². The number of ether oxygens (including phenoxy) is 4. The van der Waals surface area contributed by atoms with Crippen molar-refractivity contribution in [3.63, 3.8) is 0 Å². The summed E-state index contributed by atoms with van der Waals surface area (Å²) in [5, 5.41) is 10.5. The number of rotatable bonds is 65. The Morgan fingerprint density at radius 3 is 0.810 bits per heavy atom. The molecular weight excluding hydrogens is 1110 g/mol. The van der Waals surface area contributed by atoms with Gasteiger partial charge in [0, 0.05) is 25.7 Å². The van der Waals surface area contributed by atoms with Gasteiger partial charge in [0.15, 0.2) is 12.2 Å². The van der Waals surface area contributed by atoms with E-state index in [4.69, 9.17) is 37.0 Å². The van der Waals surface area contributed by atoms with Crippen molar-refractivity contribution in [3.8, 4) is 0 Å². The Morgan fingerprint density at radius 2 is 0.548 bits per heavy atom. The molecule has 0 amide bonds. The maximum atomic E-state index is 13.0. The summed E-state index contributed by atoms with van der Waals surface area (Å²) in [5.74, 6) is -1.38. The number of aliphatic hydroxyl groups excluding tert-OH is 1. The van der Waals surface area contributed by atoms with Gasteiger partial charge in [0.2, 0.25) is 0 Å². The first-order valence-electron chi connectivity index (χ1n) is 34.1. The van der Waals surface area contributed by atoms with Crippen LogP contribution in [0.1, 0.15) is 330 Å². The molecule has 0 rings (SSSR count). The monoisotopic (exact) mass is 1240 g/mol. The highest BCUT2D eigenvalue weighted by Crippen LogP contribution is 2.45. The molecule has 0 fully saturated rings. The fourth-order valence-electron chi connectivity index (χ4n) is 9.76. The molecule has 17 nitrogen and oxygen atoms in total. The van der Waals surface area contributed by atoms with Crippen LogP contribution in [0.5, 0.6) is 0 Å². The van der Waals surface area contributed by atoms with Gasteiger partial charge in [0.25, 0.3) is 0 Å². The van der Waals surface area contributed by atoms with E-state index in [1.807, 2.05) is 0 Å². The van der Waals surface area contributed by atoms with Crippen molar-refractivity contribution in [1.82, 2.24) is 0 Å². The van der Waals surface area contributed by atoms with Crippen molar-refractivity contribution < 1.29 is 80.2 Å². The van der Waals surface area contributed by atoms with E-state index in [0.29, 0.717) is 25.7 Å². The summed E-state index contributed by atoms with van der Waals surface area (Å²) >= 11 is 0. The maximum Gasteiger partial charge on any atom is 0.472 e. The van der Waals surface area contributed by atoms with Crippen LogP contribution in [0.2, 0.25) is 0 Å². The van der Waals surface area contributed by atoms with Crippen LogP contribution in [0, 0.1) is 5.92 Å². The van der Waals surface area contributed by atoms with E-state index in [2.05, 4.69) is 34.6 Å². The van der Waals surface area contributed by atoms with Crippen LogP contribution in [-0.4, -0.2) is 96.7 Å². The molecule has 3 N–H and O–H groups in total. The van der Waals surface area contributed by atoms with Crippen LogP contribution in [0.3, 0.4) is 0 Å². The van der Waals surface area contributed by atoms with Gasteiger partial charge in [-0.1, -0.05) is 279 Å². The van der Waals surface area contributed by atoms with Gasteiger partial charge in [-0.2, -0.15) is 0 Å². The van der Waals surface area contributed by atoms with Gasteiger partial charge in [-0.3, -0.25) is 37.3 Å². The van der Waals surface area contributed by atoms with Gasteiger partial charge in [-0.25, -0.2) is 9.13 Å². The molecule has 19 heteroatoms. The molecule has 0 aromatic rings. The highest BCUT2D eigenvalue weighted by atomic mass is 31.2. The Kier molecular flexibility index (Phi) is 57.4. The lowest BCUT2D eigenvalue weighted by Gasteiger charge is -2.21. The fourth-order valence-corrected chi connectivity index (χ4v) is 11.3. The third kappa shape index (κ3) is 59.0. The molecule has 2 unspecified atom stereocenters. The van der Waals surface area contributed by atoms with Gasteiger partial charge >= 0.3 is 39.5 Å². The Hall–Kier alpha value is -1.94. The van der Waals surface area contributed by atoms with Crippen molar-refractivity contribution in [2.75, 3.05) is 39.6 Å². The molecule has 5 atom stereocenters. The second-order valence-electron chi connectivity index (χ2n) is 24.0. The topological polar surface area (TPSA) is 237 Å². The largest absolute Gasteiger partial charge is 0.472 e. The van der Waals surface area contributed by atoms with E-state index in [9.17, 15) is 43.2 Å². The lowest BCUT2D eigenvalue weighted by atomic mass is 10.0. The second-order valence-corrected chi connectivity index (χ2v) is 26.9. The van der Waals surface area contributed by atoms with Crippen LogP contribution < -0.4 is 0 Å². The third-order valence-electron chi connectivity index (χ3n) is 15.0. The number of phosphoric ester groups is 2. The highest BCUT2D eigenvalue weighted by Gasteiger charge is 2.30. The van der Waals surface area contributed by atoms with Gasteiger partial charge in [-0.05, 0) is 31.6 Å². The zero-order valence-electron chi connectivity index (χ0n) is 54.0. The first-order chi connectivity index (χ1) is 40.5. The third-order valence-corrected chi connectivity index (χ3v) is 16.9. The zero-order valence-corrected chi connectivity index (χ0v) is 55.8. The summed E-state index contributed by atoms with van der Waals surface area (Å²) in [5.41, 5.74) is 0. The number of aliphatic hydroxyl groups is 1. The van der Waals surface area contributed by atoms with E-state index in [1.54, 1.807) is 0 Å². The van der Waals surface area contributed by atoms with Gasteiger partial charge in [-0.15, -0.1) is 0 Å². The molecule has 0 saturated carbocycles. The fraction of sp³-hybridized carbons (Fsp3) is 0.938. The van der Waals surface area contributed by atoms with Crippen molar-refractivity contribution >= 4 is 39.5 Å². The zero-order chi connectivity index (χ0) is 62.0. The number of hydrogen-bond acceptors (Lipinski definition) is 15. The minimum Gasteiger partial charge on any atom is -0.462 e. The molecule has 0 aromatic heterocycles. The van der Waals surface area contributed by atoms with Crippen LogP contribution in [-0.2, 0) is 65.4 Å². The number of carbonyl (C=O) groups is 4. The Labute approximate surface area is 511 Å². The SMILES string of the molecule is CCCCCCCCCCCCCCC(=O)OC[C@H](COP(=O)(O)OC[C@@H](O)COP(=O)(O)OC[C@@H](COC(=O)CCCCCCCCC)OC(=O)CCCCCCCCCCCCCC)OC(=O)CCCCCCCCCCCCC(C)C. The number of esters is 4. The maximum absolute atomic E-state index is 13.0. The minimum absolute atomic E-state index is 0.106. The number of carbonyl (C=O) groups excluding carboxylic acids is 4. The number of unbranched alkanes of at least 4 members (excludes halogenated alkanes) is 37. The summed E-state index contributed by atoms with van der Waals surface area (Å²) < 4.78 is 68.0. The lowest BCUT2D eigenvalue weighted by Crippen LogP contribution is -2.30. The smallest absolute Gasteiger partial charge is 0.462 e. The molecule has 0 aliphatic heterocycles. The molecule has 0 heterocycles. The molecule has 0 radical (unpaired) electrons. The molecule has 0 aliphatic carbocycles. The van der Waals surface area contributed by atoms with Crippen molar-refractivity contribution in [1.29, 1.82) is 0 Å². The van der Waals surface area contributed by atoms with E-state index in [-0.39, 0.29) is 25.7 Å². The molecule has 0 saturated heterocycles. The first kappa shape index (κ1) is 82.1. The van der Waals surface area contributed by atoms with Crippen molar-refractivity contribution in [2.45, 2.75) is 348 Å². The standard InChI is InChI=1S/C65H126O17P2/c1-6-9-12-15-18-20-22-24-29-34-39-44-49-63(68)76-55-61(82-65(70)51-46-41-36-31-27-26-28-33-37-42-47-58(4)5)57-80-84(73,74)78-53-59(66)52-77-83(71,72)79-56-60(54-75-62(67)48-43-38-32-17-14-11-8-3)81-64(69)50-45-40-35-30-25-23-21-19-16-13-10-7-2/h58-61,66H,6-57H2,1-5H3,(H,71,72)(H,73,74)/t59-,60+,61+/m0/s1. The summed E-state index contributed by atoms with van der Waals surface area (Å²) in [7, 11) is -9.88. The van der Waals surface area contributed by atoms with Crippen LogP contribution in [0.4, 0.5) is 0 Å². The number of phosphoric acid groups is 2. The predicted molar refractivity (Wildman–Crippen MR) is 335 cm³/mol. The summed E-state index contributed by atoms with van der Waals surface area (Å²) in [6.45, 7) is 7.16. The Balaban J connectivity index is 5.21. The Bertz CT molecular complexity index is 1640. The molecule has 84 heavy (non-hydrogen) atoms. The molecule has 0 aliphatic rings. The second kappa shape index (κ2) is 58.7. The average Bonchev–Trinajstić information content (AvgIpc) is 3.61. The van der Waals surface area contributed by atoms with Crippen molar-refractivity contribution in [3.05, 3.63) is 0 Å². The first-order valence-corrected chi connectivity index (χ1v) is 37.1. The molecule has 498 valence electrons. The highest BCUT2D eigenvalue weighted by molar-refractivity contribution is 7.47. The van der Waals surface area contributed by atoms with Crippen molar-refractivity contribution in [2.24, 2.45) is 5.92 Å². The molecule has 0 aromatic carbocycles. The van der Waals surface area contributed by atoms with Gasteiger partial charge in [0.1, 0.15) is 19.3 Å². The quantitative estimate of drug-likeness (QED) is 0.0222. The van der Waals surface area contributed by atoms with Gasteiger partial charge < -0.3 is 33.8 Å². The van der Waals surface area contributed by atoms with Crippen LogP contribution in [0.25, 0.3) is 0 Å². The minimum atomic E-state index is -4.94. The summed E-state index contributed by atoms with van der Waals surface area (Å²) in [4.78, 5) is 72.2. The lowest BCUT2D eigenvalue weighted by molar-refractivity contribution is -0.161. The van der Waals surface area contributed by atoms with Crippen LogP contribution >= 0.6 is 15.6 Å². The number of hydrogen-bond donors (Lipinski definition) is 3. The summed E-state index contributed by atoms with van der Waals surface area (Å²) in [6.07, 6.45) is 43.0. The molecule has 0 bridgehead atoms. The molecular formula is C65H126O17P2.